The third-order valence-electron chi connectivity index (χ3n) is 4.50. The molecule has 4 heteroatoms. The summed E-state index contributed by atoms with van der Waals surface area (Å²) < 4.78 is 11.3. The molecule has 0 saturated carbocycles. The van der Waals surface area contributed by atoms with E-state index in [9.17, 15) is 0 Å². The summed E-state index contributed by atoms with van der Waals surface area (Å²) in [6.07, 6.45) is 0.833. The number of nitrogens with two attached hydrogens (primary N) is 1. The van der Waals surface area contributed by atoms with Crippen molar-refractivity contribution in [3.8, 4) is 11.5 Å². The van der Waals surface area contributed by atoms with E-state index in [1.165, 1.54) is 16.7 Å². The Morgan fingerprint density at radius 3 is 2.24 bits per heavy atom. The number of nitrogens with zero attached hydrogens (tertiary/aromatic N) is 1. The van der Waals surface area contributed by atoms with Crippen molar-refractivity contribution in [3.05, 3.63) is 59.2 Å². The number of ether oxygens (including phenoxy) is 2. The van der Waals surface area contributed by atoms with Gasteiger partial charge in [0.25, 0.3) is 0 Å². The Labute approximate surface area is 150 Å². The molecule has 0 amide bonds. The van der Waals surface area contributed by atoms with E-state index in [0.29, 0.717) is 13.2 Å². The molecule has 0 fully saturated rings. The van der Waals surface area contributed by atoms with Gasteiger partial charge in [0, 0.05) is 25.7 Å². The number of hydrogen-bond acceptors (Lipinski definition) is 4. The van der Waals surface area contributed by atoms with Crippen LogP contribution in [0.15, 0.2) is 42.5 Å². The quantitative estimate of drug-likeness (QED) is 0.800. The van der Waals surface area contributed by atoms with Gasteiger partial charge >= 0.3 is 0 Å². The molecular formula is C21H28N2O2. The average Bonchev–Trinajstić information content (AvgIpc) is 2.99. The summed E-state index contributed by atoms with van der Waals surface area (Å²) in [4.78, 5) is 2.42. The molecule has 4 nitrogen and oxygen atoms in total. The summed E-state index contributed by atoms with van der Waals surface area (Å²) in [5.74, 6) is 1.61. The van der Waals surface area contributed by atoms with E-state index in [1.54, 1.807) is 0 Å². The largest absolute Gasteiger partial charge is 0.490 e. The molecule has 2 N–H and O–H groups in total. The molecule has 0 aromatic heterocycles. The van der Waals surface area contributed by atoms with Crippen molar-refractivity contribution in [2.24, 2.45) is 5.73 Å². The second kappa shape index (κ2) is 8.37. The van der Waals surface area contributed by atoms with Crippen LogP contribution in [0.5, 0.6) is 11.5 Å². The summed E-state index contributed by atoms with van der Waals surface area (Å²) in [5, 5.41) is 0. The van der Waals surface area contributed by atoms with Crippen molar-refractivity contribution in [1.29, 1.82) is 0 Å². The predicted molar refractivity (Wildman–Crippen MR) is 101 cm³/mol. The van der Waals surface area contributed by atoms with E-state index >= 15 is 0 Å². The van der Waals surface area contributed by atoms with Gasteiger partial charge in [0.1, 0.15) is 0 Å². The van der Waals surface area contributed by atoms with Gasteiger partial charge in [-0.15, -0.1) is 0 Å². The first-order valence-corrected chi connectivity index (χ1v) is 9.12. The SMILES string of the molecule is CCOc1ccc(CC(N)CN2Cc3ccccc3C2)cc1OCC. The van der Waals surface area contributed by atoms with Crippen LogP contribution in [0.3, 0.4) is 0 Å². The molecule has 1 unspecified atom stereocenters. The Bertz CT molecular complexity index is 677. The molecule has 0 aliphatic carbocycles. The van der Waals surface area contributed by atoms with Crippen molar-refractivity contribution in [2.75, 3.05) is 19.8 Å². The number of fused-ring (bicyclic) bond motifs is 1. The molecule has 25 heavy (non-hydrogen) atoms. The molecule has 0 bridgehead atoms. The average molecular weight is 340 g/mol. The Hall–Kier alpha value is -2.04. The zero-order valence-corrected chi connectivity index (χ0v) is 15.2. The monoisotopic (exact) mass is 340 g/mol. The van der Waals surface area contributed by atoms with Gasteiger partial charge in [-0.25, -0.2) is 0 Å². The molecule has 1 aliphatic rings. The van der Waals surface area contributed by atoms with Gasteiger partial charge in [-0.1, -0.05) is 30.3 Å². The first-order valence-electron chi connectivity index (χ1n) is 9.12. The summed E-state index contributed by atoms with van der Waals surface area (Å²) >= 11 is 0. The fraction of sp³-hybridized carbons (Fsp3) is 0.429. The van der Waals surface area contributed by atoms with Gasteiger partial charge in [0.05, 0.1) is 13.2 Å². The van der Waals surface area contributed by atoms with Gasteiger partial charge in [-0.2, -0.15) is 0 Å². The van der Waals surface area contributed by atoms with Crippen LogP contribution >= 0.6 is 0 Å². The van der Waals surface area contributed by atoms with Crippen molar-refractivity contribution >= 4 is 0 Å². The molecular weight excluding hydrogens is 312 g/mol. The van der Waals surface area contributed by atoms with Crippen molar-refractivity contribution in [2.45, 2.75) is 39.4 Å². The minimum absolute atomic E-state index is 0.0988. The Morgan fingerprint density at radius 1 is 0.960 bits per heavy atom. The highest BCUT2D eigenvalue weighted by Gasteiger charge is 2.20. The maximum Gasteiger partial charge on any atom is 0.161 e. The van der Waals surface area contributed by atoms with Crippen LogP contribution in [0, 0.1) is 0 Å². The summed E-state index contributed by atoms with van der Waals surface area (Å²) in [5.41, 5.74) is 10.5. The van der Waals surface area contributed by atoms with Crippen LogP contribution in [0.1, 0.15) is 30.5 Å². The minimum Gasteiger partial charge on any atom is -0.490 e. The first-order chi connectivity index (χ1) is 12.2. The standard InChI is InChI=1S/C21H28N2O2/c1-3-24-20-10-9-16(12-21(20)25-4-2)11-19(22)15-23-13-17-7-5-6-8-18(17)14-23/h5-10,12,19H,3-4,11,13-15,22H2,1-2H3. The second-order valence-corrected chi connectivity index (χ2v) is 6.55. The lowest BCUT2D eigenvalue weighted by molar-refractivity contribution is 0.263. The topological polar surface area (TPSA) is 47.7 Å². The van der Waals surface area contributed by atoms with Crippen LogP contribution in [0.4, 0.5) is 0 Å². The lowest BCUT2D eigenvalue weighted by Gasteiger charge is -2.21. The van der Waals surface area contributed by atoms with Gasteiger partial charge in [0.2, 0.25) is 0 Å². The molecule has 134 valence electrons. The lowest BCUT2D eigenvalue weighted by atomic mass is 10.1. The molecule has 1 aliphatic heterocycles. The van der Waals surface area contributed by atoms with Gasteiger partial charge < -0.3 is 15.2 Å². The molecule has 2 aromatic rings. The zero-order chi connectivity index (χ0) is 17.6. The van der Waals surface area contributed by atoms with Gasteiger partial charge in [-0.3, -0.25) is 4.90 Å². The summed E-state index contributed by atoms with van der Waals surface area (Å²) in [7, 11) is 0. The highest BCUT2D eigenvalue weighted by atomic mass is 16.5. The summed E-state index contributed by atoms with van der Waals surface area (Å²) in [6.45, 7) is 8.11. The molecule has 1 heterocycles. The van der Waals surface area contributed by atoms with E-state index in [0.717, 1.165) is 37.6 Å². The van der Waals surface area contributed by atoms with E-state index in [-0.39, 0.29) is 6.04 Å². The van der Waals surface area contributed by atoms with Crippen LogP contribution in [0.2, 0.25) is 0 Å². The number of hydrogen-bond donors (Lipinski definition) is 1. The van der Waals surface area contributed by atoms with E-state index < -0.39 is 0 Å². The Morgan fingerprint density at radius 2 is 1.60 bits per heavy atom. The zero-order valence-electron chi connectivity index (χ0n) is 15.2. The molecule has 0 spiro atoms. The summed E-state index contributed by atoms with van der Waals surface area (Å²) in [6, 6.07) is 14.9. The fourth-order valence-corrected chi connectivity index (χ4v) is 3.45. The molecule has 0 saturated heterocycles. The van der Waals surface area contributed by atoms with E-state index in [2.05, 4.69) is 41.3 Å². The Balaban J connectivity index is 1.59. The Kier molecular flexibility index (Phi) is 5.95. The van der Waals surface area contributed by atoms with Gasteiger partial charge in [-0.05, 0) is 49.1 Å². The van der Waals surface area contributed by atoms with Crippen LogP contribution in [-0.2, 0) is 19.5 Å². The number of rotatable bonds is 8. The molecule has 0 radical (unpaired) electrons. The fourth-order valence-electron chi connectivity index (χ4n) is 3.45. The van der Waals surface area contributed by atoms with Gasteiger partial charge in [0.15, 0.2) is 11.5 Å². The lowest BCUT2D eigenvalue weighted by Crippen LogP contribution is -2.36. The van der Waals surface area contributed by atoms with Crippen LogP contribution in [-0.4, -0.2) is 30.7 Å². The smallest absolute Gasteiger partial charge is 0.161 e. The van der Waals surface area contributed by atoms with Crippen molar-refractivity contribution in [1.82, 2.24) is 4.90 Å². The van der Waals surface area contributed by atoms with Crippen molar-refractivity contribution < 1.29 is 9.47 Å². The minimum atomic E-state index is 0.0988. The molecule has 1 atom stereocenters. The number of benzene rings is 2. The van der Waals surface area contributed by atoms with E-state index in [1.807, 2.05) is 19.9 Å². The third kappa shape index (κ3) is 4.53. The highest BCUT2D eigenvalue weighted by molar-refractivity contribution is 5.43. The molecule has 2 aromatic carbocycles. The van der Waals surface area contributed by atoms with E-state index in [4.69, 9.17) is 15.2 Å². The molecule has 3 rings (SSSR count). The van der Waals surface area contributed by atoms with Crippen LogP contribution in [0.25, 0.3) is 0 Å². The third-order valence-corrected chi connectivity index (χ3v) is 4.50. The van der Waals surface area contributed by atoms with Crippen LogP contribution < -0.4 is 15.2 Å². The predicted octanol–water partition coefficient (Wildman–Crippen LogP) is 3.37. The van der Waals surface area contributed by atoms with Crippen molar-refractivity contribution in [3.63, 3.8) is 0 Å². The second-order valence-electron chi connectivity index (χ2n) is 6.55. The highest BCUT2D eigenvalue weighted by Crippen LogP contribution is 2.29. The maximum atomic E-state index is 6.43. The first kappa shape index (κ1) is 17.8. The maximum absolute atomic E-state index is 6.43. The normalized spacial score (nSPS) is 15.0.